The number of aromatic nitrogens is 1. The Bertz CT molecular complexity index is 259. The van der Waals surface area contributed by atoms with E-state index < -0.39 is 0 Å². The fourth-order valence-electron chi connectivity index (χ4n) is 0.917. The van der Waals surface area contributed by atoms with Crippen LogP contribution in [0.5, 0.6) is 0 Å². The third-order valence-electron chi connectivity index (χ3n) is 1.84. The largest absolute Gasteiger partial charge is 0.353 e. The summed E-state index contributed by atoms with van der Waals surface area (Å²) in [6, 6.07) is 0.256. The average Bonchev–Trinajstić information content (AvgIpc) is 2.56. The summed E-state index contributed by atoms with van der Waals surface area (Å²) in [4.78, 5) is 15.4. The van der Waals surface area contributed by atoms with Crippen molar-refractivity contribution in [1.82, 2.24) is 10.3 Å². The topological polar surface area (TPSA) is 42.0 Å². The maximum Gasteiger partial charge on any atom is 0.226 e. The predicted molar refractivity (Wildman–Crippen MR) is 53.7 cm³/mol. The van der Waals surface area contributed by atoms with Crippen molar-refractivity contribution in [1.29, 1.82) is 0 Å². The molecule has 1 rings (SSSR count). The Morgan fingerprint density at radius 2 is 2.54 bits per heavy atom. The van der Waals surface area contributed by atoms with Gasteiger partial charge in [0.1, 0.15) is 0 Å². The Morgan fingerprint density at radius 3 is 3.08 bits per heavy atom. The van der Waals surface area contributed by atoms with E-state index in [1.165, 1.54) is 11.3 Å². The summed E-state index contributed by atoms with van der Waals surface area (Å²) in [6.45, 7) is 4.05. The van der Waals surface area contributed by atoms with E-state index in [0.717, 1.165) is 12.1 Å². The molecule has 0 aliphatic carbocycles. The summed E-state index contributed by atoms with van der Waals surface area (Å²) in [5.74, 6) is 0.0558. The molecule has 0 aliphatic rings. The summed E-state index contributed by atoms with van der Waals surface area (Å²) >= 11 is 1.52. The zero-order valence-electron chi connectivity index (χ0n) is 7.91. The first-order chi connectivity index (χ1) is 6.22. The molecule has 0 saturated carbocycles. The highest BCUT2D eigenvalue weighted by atomic mass is 32.1. The summed E-state index contributed by atoms with van der Waals surface area (Å²) in [7, 11) is 0. The molecule has 1 atom stereocenters. The molecule has 72 valence electrons. The summed E-state index contributed by atoms with van der Waals surface area (Å²) < 4.78 is 0. The van der Waals surface area contributed by atoms with E-state index in [9.17, 15) is 4.79 Å². The number of thiazole rings is 1. The number of hydrogen-bond acceptors (Lipinski definition) is 3. The van der Waals surface area contributed by atoms with Gasteiger partial charge in [0.05, 0.1) is 17.6 Å². The molecule has 0 radical (unpaired) electrons. The van der Waals surface area contributed by atoms with Crippen LogP contribution in [0.2, 0.25) is 0 Å². The molecule has 0 aliphatic heterocycles. The van der Waals surface area contributed by atoms with Crippen molar-refractivity contribution in [2.45, 2.75) is 32.7 Å². The lowest BCUT2D eigenvalue weighted by Crippen LogP contribution is -2.33. The molecule has 0 spiro atoms. The van der Waals surface area contributed by atoms with Crippen molar-refractivity contribution in [3.63, 3.8) is 0 Å². The van der Waals surface area contributed by atoms with Crippen molar-refractivity contribution in [3.05, 3.63) is 16.6 Å². The van der Waals surface area contributed by atoms with Crippen LogP contribution >= 0.6 is 11.3 Å². The third kappa shape index (κ3) is 3.55. The summed E-state index contributed by atoms with van der Waals surface area (Å²) in [6.07, 6.45) is 1.36. The minimum atomic E-state index is 0.0558. The number of carbonyl (C=O) groups excluding carboxylic acids is 1. The second kappa shape index (κ2) is 4.97. The molecule has 1 heterocycles. The second-order valence-electron chi connectivity index (χ2n) is 3.03. The molecule has 1 unspecified atom stereocenters. The number of carbonyl (C=O) groups is 1. The molecule has 1 N–H and O–H groups in total. The van der Waals surface area contributed by atoms with Crippen LogP contribution in [-0.4, -0.2) is 16.9 Å². The first kappa shape index (κ1) is 10.2. The van der Waals surface area contributed by atoms with E-state index in [-0.39, 0.29) is 11.9 Å². The molecule has 1 amide bonds. The summed E-state index contributed by atoms with van der Waals surface area (Å²) in [5.41, 5.74) is 2.59. The molecule has 0 saturated heterocycles. The number of rotatable bonds is 4. The Hall–Kier alpha value is -0.900. The zero-order chi connectivity index (χ0) is 9.68. The van der Waals surface area contributed by atoms with Crippen LogP contribution in [0.25, 0.3) is 0 Å². The van der Waals surface area contributed by atoms with E-state index in [1.54, 1.807) is 5.51 Å². The van der Waals surface area contributed by atoms with Gasteiger partial charge in [-0.2, -0.15) is 0 Å². The maximum atomic E-state index is 11.3. The van der Waals surface area contributed by atoms with Gasteiger partial charge in [0.15, 0.2) is 0 Å². The van der Waals surface area contributed by atoms with Gasteiger partial charge in [-0.15, -0.1) is 11.3 Å². The highest BCUT2D eigenvalue weighted by molar-refractivity contribution is 7.07. The smallest absolute Gasteiger partial charge is 0.226 e. The van der Waals surface area contributed by atoms with Crippen molar-refractivity contribution in [2.24, 2.45) is 0 Å². The minimum Gasteiger partial charge on any atom is -0.353 e. The van der Waals surface area contributed by atoms with E-state index in [0.29, 0.717) is 6.42 Å². The van der Waals surface area contributed by atoms with Crippen molar-refractivity contribution < 1.29 is 4.79 Å². The van der Waals surface area contributed by atoms with Gasteiger partial charge in [-0.05, 0) is 13.3 Å². The van der Waals surface area contributed by atoms with Crippen molar-refractivity contribution in [3.8, 4) is 0 Å². The zero-order valence-corrected chi connectivity index (χ0v) is 8.73. The Labute approximate surface area is 82.2 Å². The van der Waals surface area contributed by atoms with Crippen LogP contribution in [0.15, 0.2) is 10.9 Å². The lowest BCUT2D eigenvalue weighted by Gasteiger charge is -2.09. The third-order valence-corrected chi connectivity index (χ3v) is 2.48. The van der Waals surface area contributed by atoms with Gasteiger partial charge in [0, 0.05) is 11.4 Å². The van der Waals surface area contributed by atoms with Crippen molar-refractivity contribution >= 4 is 17.2 Å². The van der Waals surface area contributed by atoms with Crippen LogP contribution in [0.3, 0.4) is 0 Å². The Kier molecular flexibility index (Phi) is 3.89. The van der Waals surface area contributed by atoms with E-state index >= 15 is 0 Å². The molecule has 3 nitrogen and oxygen atoms in total. The van der Waals surface area contributed by atoms with Crippen LogP contribution in [0, 0.1) is 0 Å². The van der Waals surface area contributed by atoms with Crippen LogP contribution in [0.4, 0.5) is 0 Å². The lowest BCUT2D eigenvalue weighted by molar-refractivity contribution is -0.121. The number of hydrogen-bond donors (Lipinski definition) is 1. The Morgan fingerprint density at radius 1 is 1.77 bits per heavy atom. The van der Waals surface area contributed by atoms with Crippen LogP contribution in [0.1, 0.15) is 26.0 Å². The van der Waals surface area contributed by atoms with Gasteiger partial charge in [-0.3, -0.25) is 4.79 Å². The fraction of sp³-hybridized carbons (Fsp3) is 0.556. The number of amides is 1. The van der Waals surface area contributed by atoms with E-state index in [4.69, 9.17) is 0 Å². The average molecular weight is 198 g/mol. The van der Waals surface area contributed by atoms with Gasteiger partial charge in [-0.1, -0.05) is 6.92 Å². The standard InChI is InChI=1S/C9H14N2OS/c1-3-7(2)11-9(12)4-8-5-13-6-10-8/h5-7H,3-4H2,1-2H3,(H,11,12). The fourth-order valence-corrected chi connectivity index (χ4v) is 1.48. The van der Waals surface area contributed by atoms with Crippen LogP contribution < -0.4 is 5.32 Å². The highest BCUT2D eigenvalue weighted by Gasteiger charge is 2.06. The first-order valence-corrected chi connectivity index (χ1v) is 5.33. The van der Waals surface area contributed by atoms with Gasteiger partial charge >= 0.3 is 0 Å². The molecule has 0 bridgehead atoms. The molecular weight excluding hydrogens is 184 g/mol. The van der Waals surface area contributed by atoms with Crippen LogP contribution in [-0.2, 0) is 11.2 Å². The minimum absolute atomic E-state index is 0.0558. The van der Waals surface area contributed by atoms with Gasteiger partial charge in [-0.25, -0.2) is 4.98 Å². The normalized spacial score (nSPS) is 12.5. The summed E-state index contributed by atoms with van der Waals surface area (Å²) in [5, 5.41) is 4.79. The van der Waals surface area contributed by atoms with Gasteiger partial charge < -0.3 is 5.32 Å². The predicted octanol–water partition coefficient (Wildman–Crippen LogP) is 1.60. The molecular formula is C9H14N2OS. The first-order valence-electron chi connectivity index (χ1n) is 4.38. The van der Waals surface area contributed by atoms with Gasteiger partial charge in [0.2, 0.25) is 5.91 Å². The monoisotopic (exact) mass is 198 g/mol. The Balaban J connectivity index is 2.34. The highest BCUT2D eigenvalue weighted by Crippen LogP contribution is 2.01. The molecule has 0 fully saturated rings. The van der Waals surface area contributed by atoms with Crippen molar-refractivity contribution in [2.75, 3.05) is 0 Å². The van der Waals surface area contributed by atoms with Gasteiger partial charge in [0.25, 0.3) is 0 Å². The second-order valence-corrected chi connectivity index (χ2v) is 3.75. The van der Waals surface area contributed by atoms with E-state index in [2.05, 4.69) is 10.3 Å². The molecule has 1 aromatic heterocycles. The molecule has 1 aromatic rings. The molecule has 13 heavy (non-hydrogen) atoms. The number of nitrogens with zero attached hydrogens (tertiary/aromatic N) is 1. The molecule has 4 heteroatoms. The maximum absolute atomic E-state index is 11.3. The van der Waals surface area contributed by atoms with E-state index in [1.807, 2.05) is 19.2 Å². The quantitative estimate of drug-likeness (QED) is 0.798. The number of nitrogens with one attached hydrogen (secondary N) is 1. The SMILES string of the molecule is CCC(C)NC(=O)Cc1cscn1. The molecule has 0 aromatic carbocycles. The lowest BCUT2D eigenvalue weighted by atomic mass is 10.2.